The van der Waals surface area contributed by atoms with E-state index in [1.807, 2.05) is 30.3 Å². The summed E-state index contributed by atoms with van der Waals surface area (Å²) in [5.74, 6) is -0.843. The van der Waals surface area contributed by atoms with Crippen LogP contribution in [0.15, 0.2) is 88.8 Å². The minimum Gasteiger partial charge on any atom is -0.445 e. The first-order valence-electron chi connectivity index (χ1n) is 19.7. The van der Waals surface area contributed by atoms with Gasteiger partial charge in [0, 0.05) is 43.9 Å². The van der Waals surface area contributed by atoms with Crippen LogP contribution < -0.4 is 11.0 Å². The first kappa shape index (κ1) is 41.1. The molecule has 7 rings (SSSR count). The highest BCUT2D eigenvalue weighted by atomic mass is 32.2. The molecule has 0 bridgehead atoms. The van der Waals surface area contributed by atoms with Gasteiger partial charge in [-0.15, -0.1) is 5.10 Å². The van der Waals surface area contributed by atoms with Crippen LogP contribution in [-0.4, -0.2) is 62.8 Å². The standard InChI is InChI=1S/C42H52FN7O6SSi/c1-41(2,3)58(6,7)56-24-14-21-42(45-39(51)55-28-29-15-10-8-11-16-29)22-19-30(20-23-42)49-36-32-25-34(33-27-47(4)46-37(33)43)50(57(53,54)31-17-12-9-13-18-31)38(32)44-26-35(36)48(5)40(49)52/h8-13,15-18,25-27,30H,14,19-24,28H2,1-7H3,(H,45,51). The highest BCUT2D eigenvalue weighted by Gasteiger charge is 2.40. The van der Waals surface area contributed by atoms with Crippen molar-refractivity contribution in [2.24, 2.45) is 14.1 Å². The summed E-state index contributed by atoms with van der Waals surface area (Å²) >= 11 is 0. The zero-order valence-corrected chi connectivity index (χ0v) is 36.0. The zero-order valence-electron chi connectivity index (χ0n) is 34.2. The molecule has 1 saturated carbocycles. The number of aryl methyl sites for hydroxylation is 2. The Labute approximate surface area is 339 Å². The van der Waals surface area contributed by atoms with Crippen LogP contribution in [0.25, 0.3) is 33.3 Å². The molecule has 0 atom stereocenters. The molecule has 0 spiro atoms. The molecule has 0 unspecified atom stereocenters. The molecular formula is C42H52FN7O6SSi. The van der Waals surface area contributed by atoms with Crippen LogP contribution in [0.1, 0.15) is 70.9 Å². The topological polar surface area (TPSA) is 144 Å². The summed E-state index contributed by atoms with van der Waals surface area (Å²) in [5, 5.41) is 7.54. The number of ether oxygens (including phenoxy) is 1. The summed E-state index contributed by atoms with van der Waals surface area (Å²) in [5.41, 5.74) is 1.07. The van der Waals surface area contributed by atoms with Crippen molar-refractivity contribution in [2.45, 2.75) is 101 Å². The van der Waals surface area contributed by atoms with E-state index in [2.05, 4.69) is 49.3 Å². The first-order chi connectivity index (χ1) is 27.4. The van der Waals surface area contributed by atoms with Crippen molar-refractivity contribution in [3.8, 4) is 11.3 Å². The van der Waals surface area contributed by atoms with E-state index in [-0.39, 0.29) is 45.2 Å². The van der Waals surface area contributed by atoms with Gasteiger partial charge in [-0.25, -0.2) is 27.0 Å². The lowest BCUT2D eigenvalue weighted by Gasteiger charge is -2.41. The Morgan fingerprint density at radius 2 is 1.69 bits per heavy atom. The Balaban J connectivity index is 1.25. The molecule has 2 aromatic carbocycles. The summed E-state index contributed by atoms with van der Waals surface area (Å²) in [4.78, 5) is 32.2. The predicted octanol–water partition coefficient (Wildman–Crippen LogP) is 8.05. The molecule has 0 aliphatic heterocycles. The molecular weight excluding hydrogens is 778 g/mol. The number of aromatic nitrogens is 6. The van der Waals surface area contributed by atoms with Gasteiger partial charge in [0.2, 0.25) is 5.95 Å². The number of carbonyl (C=O) groups is 1. The maximum atomic E-state index is 15.4. The molecule has 4 aromatic heterocycles. The monoisotopic (exact) mass is 829 g/mol. The molecule has 6 aromatic rings. The van der Waals surface area contributed by atoms with Crippen molar-refractivity contribution in [3.63, 3.8) is 0 Å². The van der Waals surface area contributed by atoms with Crippen molar-refractivity contribution in [3.05, 3.63) is 101 Å². The minimum atomic E-state index is -4.30. The van der Waals surface area contributed by atoms with Gasteiger partial charge in [0.05, 0.1) is 33.4 Å². The Bertz CT molecular complexity index is 2620. The quantitative estimate of drug-likeness (QED) is 0.0965. The summed E-state index contributed by atoms with van der Waals surface area (Å²) in [6, 6.07) is 18.7. The molecule has 0 saturated heterocycles. The highest BCUT2D eigenvalue weighted by Crippen LogP contribution is 2.42. The van der Waals surface area contributed by atoms with Gasteiger partial charge in [-0.3, -0.25) is 13.8 Å². The van der Waals surface area contributed by atoms with Gasteiger partial charge in [0.15, 0.2) is 14.0 Å². The van der Waals surface area contributed by atoms with E-state index in [1.54, 1.807) is 42.9 Å². The third-order valence-corrected chi connectivity index (χ3v) is 18.4. The number of halogens is 1. The average molecular weight is 830 g/mol. The number of fused-ring (bicyclic) bond motifs is 3. The zero-order chi connectivity index (χ0) is 41.6. The SMILES string of the molecule is Cn1cc(-c2cc3c(ncc4c3n(C3CCC(CCCO[Si](C)(C)C(C)(C)C)(NC(=O)OCc5ccccc5)CC3)c(=O)n4C)n2S(=O)(=O)c2ccccc2)c(F)n1. The van der Waals surface area contributed by atoms with Gasteiger partial charge in [0.1, 0.15) is 6.61 Å². The molecule has 16 heteroatoms. The molecule has 4 heterocycles. The Morgan fingerprint density at radius 3 is 2.31 bits per heavy atom. The van der Waals surface area contributed by atoms with Gasteiger partial charge in [-0.1, -0.05) is 69.3 Å². The van der Waals surface area contributed by atoms with Crippen LogP contribution in [0.2, 0.25) is 18.1 Å². The number of hydrogen-bond acceptors (Lipinski definition) is 8. The van der Waals surface area contributed by atoms with Crippen molar-refractivity contribution < 1.29 is 26.8 Å². The third kappa shape index (κ3) is 7.76. The minimum absolute atomic E-state index is 0.00136. The molecule has 0 radical (unpaired) electrons. The van der Waals surface area contributed by atoms with Crippen molar-refractivity contribution >= 4 is 46.5 Å². The highest BCUT2D eigenvalue weighted by molar-refractivity contribution is 7.90. The summed E-state index contributed by atoms with van der Waals surface area (Å²) in [6.45, 7) is 11.8. The molecule has 58 heavy (non-hydrogen) atoms. The smallest absolute Gasteiger partial charge is 0.407 e. The number of carbonyl (C=O) groups excluding carboxylic acids is 1. The van der Waals surface area contributed by atoms with Crippen LogP contribution in [-0.2, 0) is 39.9 Å². The number of rotatable bonds is 12. The van der Waals surface area contributed by atoms with Crippen LogP contribution in [0.5, 0.6) is 0 Å². The predicted molar refractivity (Wildman–Crippen MR) is 224 cm³/mol. The normalized spacial score (nSPS) is 17.9. The fraction of sp³-hybridized carbons (Fsp3) is 0.429. The Morgan fingerprint density at radius 1 is 1.03 bits per heavy atom. The molecule has 1 aliphatic rings. The van der Waals surface area contributed by atoms with E-state index in [0.29, 0.717) is 55.1 Å². The molecule has 13 nitrogen and oxygen atoms in total. The number of pyridine rings is 1. The number of amides is 1. The number of benzene rings is 2. The maximum absolute atomic E-state index is 15.4. The van der Waals surface area contributed by atoms with Crippen molar-refractivity contribution in [2.75, 3.05) is 6.61 Å². The molecule has 1 N–H and O–H groups in total. The molecule has 1 amide bonds. The summed E-state index contributed by atoms with van der Waals surface area (Å²) < 4.78 is 61.9. The fourth-order valence-corrected chi connectivity index (χ4v) is 10.4. The van der Waals surface area contributed by atoms with Crippen LogP contribution in [0.4, 0.5) is 9.18 Å². The number of hydrogen-bond donors (Lipinski definition) is 1. The second-order valence-corrected chi connectivity index (χ2v) is 23.6. The largest absolute Gasteiger partial charge is 0.445 e. The van der Waals surface area contributed by atoms with E-state index < -0.39 is 35.9 Å². The number of nitrogens with zero attached hydrogens (tertiary/aromatic N) is 6. The van der Waals surface area contributed by atoms with Gasteiger partial charge in [-0.05, 0) is 80.4 Å². The molecule has 308 valence electrons. The van der Waals surface area contributed by atoms with E-state index in [4.69, 9.17) is 9.16 Å². The van der Waals surface area contributed by atoms with Crippen LogP contribution in [0.3, 0.4) is 0 Å². The molecule has 1 fully saturated rings. The maximum Gasteiger partial charge on any atom is 0.407 e. The Hall–Kier alpha value is -5.06. The Kier molecular flexibility index (Phi) is 11.1. The first-order valence-corrected chi connectivity index (χ1v) is 24.0. The van der Waals surface area contributed by atoms with Crippen LogP contribution in [0, 0.1) is 5.95 Å². The number of nitrogens with one attached hydrogen (secondary N) is 1. The summed E-state index contributed by atoms with van der Waals surface area (Å²) in [7, 11) is -3.07. The van der Waals surface area contributed by atoms with E-state index in [9.17, 15) is 18.0 Å². The van der Waals surface area contributed by atoms with Crippen LogP contribution >= 0.6 is 0 Å². The van der Waals surface area contributed by atoms with Crippen molar-refractivity contribution in [1.82, 2.24) is 33.2 Å². The number of alkyl carbamates (subject to hydrolysis) is 1. The van der Waals surface area contributed by atoms with Gasteiger partial charge < -0.3 is 14.5 Å². The third-order valence-electron chi connectivity index (χ3n) is 12.1. The van der Waals surface area contributed by atoms with Gasteiger partial charge in [0.25, 0.3) is 10.0 Å². The van der Waals surface area contributed by atoms with E-state index in [0.717, 1.165) is 16.0 Å². The lowest BCUT2D eigenvalue weighted by molar-refractivity contribution is 0.105. The lowest BCUT2D eigenvalue weighted by atomic mass is 9.76. The second-order valence-electron chi connectivity index (χ2n) is 17.0. The van der Waals surface area contributed by atoms with Gasteiger partial charge in [-0.2, -0.15) is 4.39 Å². The lowest BCUT2D eigenvalue weighted by Crippen LogP contribution is -2.51. The second kappa shape index (κ2) is 15.6. The fourth-order valence-electron chi connectivity index (χ4n) is 7.84. The summed E-state index contributed by atoms with van der Waals surface area (Å²) in [6.07, 6.45) is 6.01. The molecule has 1 aliphatic carbocycles. The number of imidazole rings is 1. The van der Waals surface area contributed by atoms with Gasteiger partial charge >= 0.3 is 11.8 Å². The van der Waals surface area contributed by atoms with E-state index in [1.165, 1.54) is 33.8 Å². The van der Waals surface area contributed by atoms with Crippen molar-refractivity contribution in [1.29, 1.82) is 0 Å². The van der Waals surface area contributed by atoms with E-state index >= 15 is 4.39 Å². The average Bonchev–Trinajstić information content (AvgIpc) is 3.83.